The van der Waals surface area contributed by atoms with Crippen LogP contribution in [0, 0.1) is 0 Å². The summed E-state index contributed by atoms with van der Waals surface area (Å²) in [6.45, 7) is 0.581. The molecule has 0 saturated heterocycles. The van der Waals surface area contributed by atoms with E-state index in [2.05, 4.69) is 26.6 Å². The first-order valence-electron chi connectivity index (χ1n) is 5.49. The average molecular weight is 347 g/mol. The molecular weight excluding hydrogens is 334 g/mol. The standard InChI is InChI=1S/C13H13BrClNOS/c1-16-12(13-11(14)6-7-18-13)8-17-10-4-2-9(15)3-5-10/h2-7,12,16H,8H2,1H3. The van der Waals surface area contributed by atoms with E-state index >= 15 is 0 Å². The summed E-state index contributed by atoms with van der Waals surface area (Å²) < 4.78 is 6.87. The van der Waals surface area contributed by atoms with Crippen LogP contribution in [-0.4, -0.2) is 13.7 Å². The van der Waals surface area contributed by atoms with Gasteiger partial charge < -0.3 is 10.1 Å². The van der Waals surface area contributed by atoms with Crippen LogP contribution in [0.15, 0.2) is 40.2 Å². The van der Waals surface area contributed by atoms with E-state index in [1.54, 1.807) is 11.3 Å². The molecule has 0 aliphatic carbocycles. The minimum absolute atomic E-state index is 0.176. The van der Waals surface area contributed by atoms with Crippen LogP contribution in [0.4, 0.5) is 0 Å². The van der Waals surface area contributed by atoms with Gasteiger partial charge in [0.15, 0.2) is 0 Å². The molecule has 18 heavy (non-hydrogen) atoms. The molecule has 0 spiro atoms. The molecule has 0 fully saturated rings. The van der Waals surface area contributed by atoms with Crippen molar-refractivity contribution in [2.75, 3.05) is 13.7 Å². The van der Waals surface area contributed by atoms with Crippen molar-refractivity contribution in [1.82, 2.24) is 5.32 Å². The van der Waals surface area contributed by atoms with Gasteiger partial charge in [-0.1, -0.05) is 11.6 Å². The third-order valence-corrected chi connectivity index (χ3v) is 4.78. The molecule has 0 radical (unpaired) electrons. The molecule has 0 aliphatic heterocycles. The van der Waals surface area contributed by atoms with E-state index in [4.69, 9.17) is 16.3 Å². The highest BCUT2D eigenvalue weighted by molar-refractivity contribution is 9.10. The molecule has 0 amide bonds. The molecule has 1 aromatic carbocycles. The van der Waals surface area contributed by atoms with E-state index in [0.29, 0.717) is 11.6 Å². The van der Waals surface area contributed by atoms with Crippen LogP contribution in [0.2, 0.25) is 5.02 Å². The number of hydrogen-bond acceptors (Lipinski definition) is 3. The highest BCUT2D eigenvalue weighted by Gasteiger charge is 2.14. The molecular formula is C13H13BrClNOS. The predicted molar refractivity (Wildman–Crippen MR) is 80.8 cm³/mol. The van der Waals surface area contributed by atoms with Gasteiger partial charge in [0.2, 0.25) is 0 Å². The van der Waals surface area contributed by atoms with E-state index in [9.17, 15) is 0 Å². The Balaban J connectivity index is 2.00. The van der Waals surface area contributed by atoms with Gasteiger partial charge in [0, 0.05) is 14.4 Å². The predicted octanol–water partition coefficient (Wildman–Crippen LogP) is 4.50. The Kier molecular flexibility index (Phi) is 5.06. The fraction of sp³-hybridized carbons (Fsp3) is 0.231. The summed E-state index contributed by atoms with van der Waals surface area (Å²) in [4.78, 5) is 1.24. The van der Waals surface area contributed by atoms with Gasteiger partial charge in [0.25, 0.3) is 0 Å². The molecule has 1 atom stereocenters. The molecule has 2 rings (SSSR count). The number of rotatable bonds is 5. The number of benzene rings is 1. The van der Waals surface area contributed by atoms with Crippen molar-refractivity contribution < 1.29 is 4.74 Å². The summed E-state index contributed by atoms with van der Waals surface area (Å²) in [5, 5.41) is 6.03. The lowest BCUT2D eigenvalue weighted by molar-refractivity contribution is 0.274. The maximum atomic E-state index is 5.83. The monoisotopic (exact) mass is 345 g/mol. The quantitative estimate of drug-likeness (QED) is 0.860. The second-order valence-electron chi connectivity index (χ2n) is 3.74. The molecule has 5 heteroatoms. The molecule has 1 heterocycles. The van der Waals surface area contributed by atoms with Crippen molar-refractivity contribution >= 4 is 38.9 Å². The van der Waals surface area contributed by atoms with E-state index in [0.717, 1.165) is 10.2 Å². The Morgan fingerprint density at radius 2 is 2.06 bits per heavy atom. The highest BCUT2D eigenvalue weighted by Crippen LogP contribution is 2.29. The van der Waals surface area contributed by atoms with Crippen LogP contribution in [-0.2, 0) is 0 Å². The largest absolute Gasteiger partial charge is 0.492 e. The minimum Gasteiger partial charge on any atom is -0.492 e. The third kappa shape index (κ3) is 3.48. The molecule has 0 aliphatic rings. The van der Waals surface area contributed by atoms with E-state index in [1.807, 2.05) is 37.4 Å². The molecule has 0 saturated carbocycles. The van der Waals surface area contributed by atoms with Gasteiger partial charge in [-0.25, -0.2) is 0 Å². The van der Waals surface area contributed by atoms with Crippen LogP contribution in [0.3, 0.4) is 0 Å². The van der Waals surface area contributed by atoms with Crippen LogP contribution in [0.25, 0.3) is 0 Å². The zero-order chi connectivity index (χ0) is 13.0. The van der Waals surface area contributed by atoms with Gasteiger partial charge in [0.05, 0.1) is 6.04 Å². The van der Waals surface area contributed by atoms with E-state index < -0.39 is 0 Å². The summed E-state index contributed by atoms with van der Waals surface area (Å²) >= 11 is 11.1. The summed E-state index contributed by atoms with van der Waals surface area (Å²) in [6, 6.07) is 9.62. The number of halogens is 2. The zero-order valence-electron chi connectivity index (χ0n) is 9.82. The van der Waals surface area contributed by atoms with Crippen LogP contribution in [0.1, 0.15) is 10.9 Å². The number of likely N-dealkylation sites (N-methyl/N-ethyl adjacent to an activating group) is 1. The van der Waals surface area contributed by atoms with E-state index in [1.165, 1.54) is 4.88 Å². The van der Waals surface area contributed by atoms with Crippen LogP contribution in [0.5, 0.6) is 5.75 Å². The molecule has 0 bridgehead atoms. The number of hydrogen-bond donors (Lipinski definition) is 1. The maximum absolute atomic E-state index is 5.83. The van der Waals surface area contributed by atoms with Gasteiger partial charge >= 0.3 is 0 Å². The molecule has 2 nitrogen and oxygen atoms in total. The van der Waals surface area contributed by atoms with Crippen molar-refractivity contribution in [3.63, 3.8) is 0 Å². The SMILES string of the molecule is CNC(COc1ccc(Cl)cc1)c1sccc1Br. The van der Waals surface area contributed by atoms with Crippen molar-refractivity contribution in [2.24, 2.45) is 0 Å². The van der Waals surface area contributed by atoms with Gasteiger partial charge in [0.1, 0.15) is 12.4 Å². The summed E-state index contributed by atoms with van der Waals surface area (Å²) in [5.41, 5.74) is 0. The van der Waals surface area contributed by atoms with Gasteiger partial charge in [-0.15, -0.1) is 11.3 Å². The Labute approximate surface area is 124 Å². The highest BCUT2D eigenvalue weighted by atomic mass is 79.9. The van der Waals surface area contributed by atoms with Crippen molar-refractivity contribution in [1.29, 1.82) is 0 Å². The minimum atomic E-state index is 0.176. The van der Waals surface area contributed by atoms with Gasteiger partial charge in [-0.05, 0) is 58.7 Å². The fourth-order valence-corrected chi connectivity index (χ4v) is 3.43. The molecule has 1 aromatic heterocycles. The first-order valence-corrected chi connectivity index (χ1v) is 7.54. The van der Waals surface area contributed by atoms with Gasteiger partial charge in [-0.3, -0.25) is 0 Å². The van der Waals surface area contributed by atoms with Crippen molar-refractivity contribution in [2.45, 2.75) is 6.04 Å². The third-order valence-electron chi connectivity index (χ3n) is 2.54. The fourth-order valence-electron chi connectivity index (χ4n) is 1.55. The summed E-state index contributed by atoms with van der Waals surface area (Å²) in [5.74, 6) is 0.826. The Bertz CT molecular complexity index is 500. The lowest BCUT2D eigenvalue weighted by Crippen LogP contribution is -2.22. The van der Waals surface area contributed by atoms with Crippen LogP contribution >= 0.6 is 38.9 Å². The molecule has 1 unspecified atom stereocenters. The maximum Gasteiger partial charge on any atom is 0.119 e. The first-order chi connectivity index (χ1) is 8.70. The number of thiophene rings is 1. The van der Waals surface area contributed by atoms with E-state index in [-0.39, 0.29) is 6.04 Å². The Hall–Kier alpha value is -0.550. The van der Waals surface area contributed by atoms with Crippen molar-refractivity contribution in [3.8, 4) is 5.75 Å². The Morgan fingerprint density at radius 3 is 2.61 bits per heavy atom. The molecule has 96 valence electrons. The zero-order valence-corrected chi connectivity index (χ0v) is 13.0. The lowest BCUT2D eigenvalue weighted by atomic mass is 10.2. The second kappa shape index (κ2) is 6.57. The summed E-state index contributed by atoms with van der Waals surface area (Å²) in [6.07, 6.45) is 0. The first kappa shape index (κ1) is 13.9. The lowest BCUT2D eigenvalue weighted by Gasteiger charge is -2.16. The Morgan fingerprint density at radius 1 is 1.33 bits per heavy atom. The summed E-state index contributed by atoms with van der Waals surface area (Å²) in [7, 11) is 1.93. The second-order valence-corrected chi connectivity index (χ2v) is 5.98. The topological polar surface area (TPSA) is 21.3 Å². The average Bonchev–Trinajstić information content (AvgIpc) is 2.79. The molecule has 2 aromatic rings. The van der Waals surface area contributed by atoms with Gasteiger partial charge in [-0.2, -0.15) is 0 Å². The smallest absolute Gasteiger partial charge is 0.119 e. The van der Waals surface area contributed by atoms with Crippen LogP contribution < -0.4 is 10.1 Å². The number of nitrogens with one attached hydrogen (secondary N) is 1. The normalized spacial score (nSPS) is 12.4. The van der Waals surface area contributed by atoms with Crippen molar-refractivity contribution in [3.05, 3.63) is 50.1 Å². The molecule has 1 N–H and O–H groups in total. The number of ether oxygens (including phenoxy) is 1.